The van der Waals surface area contributed by atoms with E-state index in [-0.39, 0.29) is 16.2 Å². The molecule has 30 heavy (non-hydrogen) atoms. The first-order valence-corrected chi connectivity index (χ1v) is 10.3. The third-order valence-electron chi connectivity index (χ3n) is 4.33. The lowest BCUT2D eigenvalue weighted by molar-refractivity contribution is -0.384. The average molecular weight is 490 g/mol. The fraction of sp³-hybridized carbons (Fsp3) is 0.150. The fourth-order valence-electron chi connectivity index (χ4n) is 2.77. The molecule has 2 aromatic carbocycles. The number of ketones is 1. The van der Waals surface area contributed by atoms with Gasteiger partial charge in [-0.05, 0) is 63.6 Å². The highest BCUT2D eigenvalue weighted by molar-refractivity contribution is 9.10. The number of nitro groups is 1. The molecule has 0 N–H and O–H groups in total. The zero-order valence-corrected chi connectivity index (χ0v) is 18.4. The van der Waals surface area contributed by atoms with Crippen LogP contribution < -0.4 is 4.90 Å². The monoisotopic (exact) mass is 489 g/mol. The highest BCUT2D eigenvalue weighted by Gasteiger charge is 2.36. The van der Waals surface area contributed by atoms with Crippen LogP contribution >= 0.6 is 27.7 Å². The van der Waals surface area contributed by atoms with Crippen LogP contribution in [-0.4, -0.2) is 47.4 Å². The summed E-state index contributed by atoms with van der Waals surface area (Å²) in [5, 5.41) is 10.2. The molecule has 0 radical (unpaired) electrons. The molecule has 1 heterocycles. The Hall–Kier alpha value is -2.98. The van der Waals surface area contributed by atoms with Crippen LogP contribution in [0.25, 0.3) is 6.08 Å². The van der Waals surface area contributed by atoms with E-state index in [2.05, 4.69) is 15.9 Å². The second-order valence-corrected chi connectivity index (χ2v) is 8.45. The maximum Gasteiger partial charge on any atom is 0.293 e. The van der Waals surface area contributed by atoms with Crippen LogP contribution in [0.1, 0.15) is 15.9 Å². The van der Waals surface area contributed by atoms with Gasteiger partial charge in [-0.3, -0.25) is 29.4 Å². The Morgan fingerprint density at radius 3 is 2.43 bits per heavy atom. The van der Waals surface area contributed by atoms with Gasteiger partial charge in [0.05, 0.1) is 22.1 Å². The Bertz CT molecular complexity index is 1080. The minimum atomic E-state index is -0.571. The Balaban J connectivity index is 1.76. The quantitative estimate of drug-likeness (QED) is 0.257. The van der Waals surface area contributed by atoms with E-state index in [1.807, 2.05) is 37.2 Å². The van der Waals surface area contributed by atoms with Crippen LogP contribution in [0.4, 0.5) is 16.2 Å². The molecule has 0 unspecified atom stereocenters. The third-order valence-corrected chi connectivity index (χ3v) is 5.87. The molecule has 0 atom stereocenters. The van der Waals surface area contributed by atoms with Crippen LogP contribution in [0.15, 0.2) is 51.8 Å². The number of rotatable bonds is 6. The van der Waals surface area contributed by atoms with E-state index in [1.54, 1.807) is 6.08 Å². The largest absolute Gasteiger partial charge is 0.377 e. The summed E-state index contributed by atoms with van der Waals surface area (Å²) in [6.07, 6.45) is 1.60. The number of carbonyl (C=O) groups excluding carboxylic acids is 3. The molecule has 10 heteroatoms. The molecule has 0 aromatic heterocycles. The van der Waals surface area contributed by atoms with Gasteiger partial charge >= 0.3 is 0 Å². The second-order valence-electron chi connectivity index (χ2n) is 6.60. The van der Waals surface area contributed by atoms with Crippen LogP contribution in [0.3, 0.4) is 0 Å². The highest BCUT2D eigenvalue weighted by atomic mass is 79.9. The SMILES string of the molecule is CN(C)c1ccc(/C=C2\SC(=O)N(CC(=O)c3ccc([N+](=O)[O-])cc3)C2=O)cc1Br. The van der Waals surface area contributed by atoms with Gasteiger partial charge in [0.25, 0.3) is 16.8 Å². The van der Waals surface area contributed by atoms with Crippen molar-refractivity contribution in [1.82, 2.24) is 4.90 Å². The normalized spacial score (nSPS) is 15.0. The van der Waals surface area contributed by atoms with Gasteiger partial charge in [0.1, 0.15) is 0 Å². The molecule has 0 spiro atoms. The predicted octanol–water partition coefficient (Wildman–Crippen LogP) is 4.34. The molecule has 154 valence electrons. The van der Waals surface area contributed by atoms with Crippen molar-refractivity contribution in [2.45, 2.75) is 0 Å². The molecule has 0 saturated carbocycles. The van der Waals surface area contributed by atoms with Crippen LogP contribution in [-0.2, 0) is 4.79 Å². The van der Waals surface area contributed by atoms with Gasteiger partial charge in [-0.25, -0.2) is 0 Å². The fourth-order valence-corrected chi connectivity index (χ4v) is 4.36. The van der Waals surface area contributed by atoms with Crippen LogP contribution in [0.5, 0.6) is 0 Å². The van der Waals surface area contributed by atoms with Gasteiger partial charge in [0.2, 0.25) is 0 Å². The van der Waals surface area contributed by atoms with Gasteiger partial charge in [0.15, 0.2) is 5.78 Å². The summed E-state index contributed by atoms with van der Waals surface area (Å²) in [4.78, 5) is 50.5. The van der Waals surface area contributed by atoms with Crippen molar-refractivity contribution >= 4 is 62.1 Å². The van der Waals surface area contributed by atoms with Crippen LogP contribution in [0.2, 0.25) is 0 Å². The van der Waals surface area contributed by atoms with Crippen molar-refractivity contribution in [3.05, 3.63) is 73.1 Å². The number of non-ortho nitro benzene ring substituents is 1. The molecule has 2 aromatic rings. The Labute approximate surface area is 184 Å². The zero-order chi connectivity index (χ0) is 22.0. The second kappa shape index (κ2) is 8.80. The Kier molecular flexibility index (Phi) is 6.37. The standard InChI is InChI=1S/C20H16BrN3O5S/c1-22(2)16-8-3-12(9-15(16)21)10-18-19(26)23(20(27)30-18)11-17(25)13-4-6-14(7-5-13)24(28)29/h3-10H,11H2,1-2H3/b18-10-. The lowest BCUT2D eigenvalue weighted by atomic mass is 10.1. The van der Waals surface area contributed by atoms with Gasteiger partial charge in [0, 0.05) is 36.3 Å². The molecular weight excluding hydrogens is 474 g/mol. The number of thioether (sulfide) groups is 1. The summed E-state index contributed by atoms with van der Waals surface area (Å²) in [5.41, 5.74) is 1.74. The first-order chi connectivity index (χ1) is 14.2. The summed E-state index contributed by atoms with van der Waals surface area (Å²) in [7, 11) is 3.82. The molecule has 2 amide bonds. The van der Waals surface area contributed by atoms with E-state index in [4.69, 9.17) is 0 Å². The molecule has 1 saturated heterocycles. The number of imide groups is 1. The maximum atomic E-state index is 12.6. The summed E-state index contributed by atoms with van der Waals surface area (Å²) in [5.74, 6) is -1.03. The Morgan fingerprint density at radius 1 is 1.20 bits per heavy atom. The lowest BCUT2D eigenvalue weighted by Crippen LogP contribution is -2.33. The number of carbonyl (C=O) groups is 3. The van der Waals surface area contributed by atoms with E-state index in [9.17, 15) is 24.5 Å². The van der Waals surface area contributed by atoms with Crippen molar-refractivity contribution in [2.75, 3.05) is 25.5 Å². The van der Waals surface area contributed by atoms with E-state index in [0.29, 0.717) is 0 Å². The van der Waals surface area contributed by atoms with E-state index in [0.717, 1.165) is 32.4 Å². The molecule has 0 aliphatic carbocycles. The number of nitrogens with zero attached hydrogens (tertiary/aromatic N) is 3. The van der Waals surface area contributed by atoms with Crippen molar-refractivity contribution in [2.24, 2.45) is 0 Å². The molecular formula is C20H16BrN3O5S. The summed E-state index contributed by atoms with van der Waals surface area (Å²) in [6.45, 7) is -0.428. The number of hydrogen-bond donors (Lipinski definition) is 0. The number of Topliss-reactive ketones (excluding diaryl/α,β-unsaturated/α-hetero) is 1. The van der Waals surface area contributed by atoms with E-state index in [1.165, 1.54) is 24.3 Å². The summed E-state index contributed by atoms with van der Waals surface area (Å²) in [6, 6.07) is 10.6. The molecule has 8 nitrogen and oxygen atoms in total. The number of benzene rings is 2. The minimum Gasteiger partial charge on any atom is -0.377 e. The van der Waals surface area contributed by atoms with Crippen molar-refractivity contribution < 1.29 is 19.3 Å². The number of hydrogen-bond acceptors (Lipinski definition) is 7. The predicted molar refractivity (Wildman–Crippen MR) is 119 cm³/mol. The van der Waals surface area contributed by atoms with Crippen molar-refractivity contribution in [1.29, 1.82) is 0 Å². The van der Waals surface area contributed by atoms with Gasteiger partial charge in [-0.15, -0.1) is 0 Å². The topological polar surface area (TPSA) is 101 Å². The van der Waals surface area contributed by atoms with Crippen LogP contribution in [0, 0.1) is 10.1 Å². The van der Waals surface area contributed by atoms with Crippen molar-refractivity contribution in [3.8, 4) is 0 Å². The molecule has 3 rings (SSSR count). The highest BCUT2D eigenvalue weighted by Crippen LogP contribution is 2.34. The molecule has 1 fully saturated rings. The number of nitro benzene ring substituents is 1. The Morgan fingerprint density at radius 2 is 1.87 bits per heavy atom. The van der Waals surface area contributed by atoms with E-state index < -0.39 is 28.4 Å². The van der Waals surface area contributed by atoms with Gasteiger partial charge < -0.3 is 4.90 Å². The minimum absolute atomic E-state index is 0.146. The first kappa shape index (κ1) is 21.7. The third kappa shape index (κ3) is 4.60. The summed E-state index contributed by atoms with van der Waals surface area (Å²) < 4.78 is 0.842. The lowest BCUT2D eigenvalue weighted by Gasteiger charge is -2.14. The zero-order valence-electron chi connectivity index (χ0n) is 16.0. The molecule has 1 aliphatic heterocycles. The average Bonchev–Trinajstić information content (AvgIpc) is 2.95. The smallest absolute Gasteiger partial charge is 0.293 e. The first-order valence-electron chi connectivity index (χ1n) is 8.67. The van der Waals surface area contributed by atoms with Crippen molar-refractivity contribution in [3.63, 3.8) is 0 Å². The number of anilines is 1. The summed E-state index contributed by atoms with van der Waals surface area (Å²) >= 11 is 4.25. The molecule has 0 bridgehead atoms. The van der Waals surface area contributed by atoms with Gasteiger partial charge in [-0.1, -0.05) is 6.07 Å². The number of halogens is 1. The van der Waals surface area contributed by atoms with E-state index >= 15 is 0 Å². The molecule has 1 aliphatic rings. The number of amides is 2. The van der Waals surface area contributed by atoms with Gasteiger partial charge in [-0.2, -0.15) is 0 Å². The maximum absolute atomic E-state index is 12.6.